The van der Waals surface area contributed by atoms with E-state index < -0.39 is 0 Å². The lowest BCUT2D eigenvalue weighted by atomic mass is 10.0. The third kappa shape index (κ3) is 25.6. The van der Waals surface area contributed by atoms with E-state index in [0.717, 1.165) is 19.3 Å². The number of hydrogen-bond acceptors (Lipinski definition) is 3. The first-order valence-electron chi connectivity index (χ1n) is 14.4. The minimum atomic E-state index is 0.164. The lowest BCUT2D eigenvalue weighted by Crippen LogP contribution is -2.28. The molecule has 32 heavy (non-hydrogen) atoms. The van der Waals surface area contributed by atoms with Crippen molar-refractivity contribution in [3.05, 3.63) is 0 Å². The lowest BCUT2D eigenvalue weighted by molar-refractivity contribution is -0.121. The molecule has 0 bridgehead atoms. The Kier molecular flexibility index (Phi) is 26.1. The molecule has 0 aliphatic heterocycles. The van der Waals surface area contributed by atoms with Gasteiger partial charge >= 0.3 is 0 Å². The third-order valence-corrected chi connectivity index (χ3v) is 6.40. The van der Waals surface area contributed by atoms with Crippen LogP contribution < -0.4 is 5.32 Å². The number of carbonyl (C=O) groups is 1. The van der Waals surface area contributed by atoms with Crippen LogP contribution in [0.15, 0.2) is 0 Å². The van der Waals surface area contributed by atoms with Gasteiger partial charge in [-0.05, 0) is 19.3 Å². The summed E-state index contributed by atoms with van der Waals surface area (Å²) in [7, 11) is 0. The SMILES string of the molecule is CCCCCCCCCCCCCCCCCCCCCC(=O)NCCCN(O)CCC. The largest absolute Gasteiger partial charge is 0.356 e. The number of nitrogens with one attached hydrogen (secondary N) is 1. The van der Waals surface area contributed by atoms with Crippen LogP contribution in [-0.4, -0.2) is 35.8 Å². The van der Waals surface area contributed by atoms with Crippen LogP contribution in [0.25, 0.3) is 0 Å². The Labute approximate surface area is 201 Å². The van der Waals surface area contributed by atoms with Gasteiger partial charge in [0.25, 0.3) is 0 Å². The summed E-state index contributed by atoms with van der Waals surface area (Å²) in [6, 6.07) is 0. The monoisotopic (exact) mass is 454 g/mol. The van der Waals surface area contributed by atoms with Crippen LogP contribution in [0.2, 0.25) is 0 Å². The van der Waals surface area contributed by atoms with Gasteiger partial charge in [0.15, 0.2) is 0 Å². The maximum absolute atomic E-state index is 11.8. The molecule has 0 unspecified atom stereocenters. The van der Waals surface area contributed by atoms with Gasteiger partial charge in [0, 0.05) is 26.1 Å². The summed E-state index contributed by atoms with van der Waals surface area (Å²) < 4.78 is 0. The first kappa shape index (κ1) is 31.4. The lowest BCUT2D eigenvalue weighted by Gasteiger charge is -2.13. The summed E-state index contributed by atoms with van der Waals surface area (Å²) in [5.74, 6) is 0.164. The van der Waals surface area contributed by atoms with Crippen LogP contribution in [0.3, 0.4) is 0 Å². The predicted octanol–water partition coefficient (Wildman–Crippen LogP) is 8.42. The summed E-state index contributed by atoms with van der Waals surface area (Å²) in [6.07, 6.45) is 28.5. The highest BCUT2D eigenvalue weighted by Crippen LogP contribution is 2.14. The predicted molar refractivity (Wildman–Crippen MR) is 139 cm³/mol. The normalized spacial score (nSPS) is 11.4. The molecule has 0 aliphatic carbocycles. The van der Waals surface area contributed by atoms with Gasteiger partial charge < -0.3 is 10.5 Å². The van der Waals surface area contributed by atoms with Crippen LogP contribution in [0.4, 0.5) is 0 Å². The fourth-order valence-electron chi connectivity index (χ4n) is 4.31. The molecule has 0 aromatic heterocycles. The Morgan fingerprint density at radius 1 is 0.562 bits per heavy atom. The summed E-state index contributed by atoms with van der Waals surface area (Å²) >= 11 is 0. The maximum Gasteiger partial charge on any atom is 0.219 e. The van der Waals surface area contributed by atoms with Crippen molar-refractivity contribution in [2.45, 2.75) is 155 Å². The van der Waals surface area contributed by atoms with Crippen LogP contribution in [0.5, 0.6) is 0 Å². The molecular formula is C28H58N2O2. The summed E-state index contributed by atoms with van der Waals surface area (Å²) in [5, 5.41) is 13.8. The molecule has 4 nitrogen and oxygen atoms in total. The smallest absolute Gasteiger partial charge is 0.219 e. The molecule has 0 aromatic rings. The third-order valence-electron chi connectivity index (χ3n) is 6.40. The quantitative estimate of drug-likeness (QED) is 0.102. The molecule has 4 heteroatoms. The van der Waals surface area contributed by atoms with E-state index in [4.69, 9.17) is 0 Å². The van der Waals surface area contributed by atoms with E-state index in [0.29, 0.717) is 26.1 Å². The van der Waals surface area contributed by atoms with Crippen molar-refractivity contribution in [1.82, 2.24) is 10.4 Å². The highest BCUT2D eigenvalue weighted by molar-refractivity contribution is 5.75. The number of rotatable bonds is 26. The van der Waals surface area contributed by atoms with Gasteiger partial charge in [-0.15, -0.1) is 0 Å². The van der Waals surface area contributed by atoms with E-state index in [9.17, 15) is 10.0 Å². The molecule has 1 amide bonds. The number of nitrogens with zero attached hydrogens (tertiary/aromatic N) is 1. The second-order valence-electron chi connectivity index (χ2n) is 9.77. The second-order valence-corrected chi connectivity index (χ2v) is 9.77. The van der Waals surface area contributed by atoms with E-state index >= 15 is 0 Å². The van der Waals surface area contributed by atoms with Crippen molar-refractivity contribution >= 4 is 5.91 Å². The van der Waals surface area contributed by atoms with E-state index in [2.05, 4.69) is 12.2 Å². The fraction of sp³-hybridized carbons (Fsp3) is 0.964. The molecule has 0 saturated heterocycles. The van der Waals surface area contributed by atoms with Crippen molar-refractivity contribution in [2.24, 2.45) is 0 Å². The average Bonchev–Trinajstić information content (AvgIpc) is 2.78. The highest BCUT2D eigenvalue weighted by atomic mass is 16.5. The van der Waals surface area contributed by atoms with Gasteiger partial charge in [-0.25, -0.2) is 0 Å². The van der Waals surface area contributed by atoms with Crippen molar-refractivity contribution < 1.29 is 10.0 Å². The van der Waals surface area contributed by atoms with Gasteiger partial charge in [0.2, 0.25) is 5.91 Å². The number of unbranched alkanes of at least 4 members (excludes halogenated alkanes) is 18. The molecule has 0 aliphatic rings. The zero-order valence-electron chi connectivity index (χ0n) is 22.0. The number of hydroxylamine groups is 2. The molecule has 0 saturated carbocycles. The van der Waals surface area contributed by atoms with Gasteiger partial charge in [-0.3, -0.25) is 4.79 Å². The highest BCUT2D eigenvalue weighted by Gasteiger charge is 2.02. The minimum Gasteiger partial charge on any atom is -0.356 e. The Hall–Kier alpha value is -0.610. The molecule has 0 fully saturated rings. The zero-order chi connectivity index (χ0) is 23.5. The number of carbonyl (C=O) groups excluding carboxylic acids is 1. The van der Waals surface area contributed by atoms with Gasteiger partial charge in [0.05, 0.1) is 0 Å². The maximum atomic E-state index is 11.8. The van der Waals surface area contributed by atoms with Gasteiger partial charge in [-0.2, -0.15) is 5.06 Å². The summed E-state index contributed by atoms with van der Waals surface area (Å²) in [5.41, 5.74) is 0. The fourth-order valence-corrected chi connectivity index (χ4v) is 4.31. The molecule has 0 spiro atoms. The molecule has 2 N–H and O–H groups in total. The summed E-state index contributed by atoms with van der Waals surface area (Å²) in [4.78, 5) is 11.8. The summed E-state index contributed by atoms with van der Waals surface area (Å²) in [6.45, 7) is 6.33. The van der Waals surface area contributed by atoms with E-state index in [1.165, 1.54) is 121 Å². The molecule has 192 valence electrons. The van der Waals surface area contributed by atoms with Crippen LogP contribution in [0, 0.1) is 0 Å². The van der Waals surface area contributed by atoms with Gasteiger partial charge in [-0.1, -0.05) is 129 Å². The molecular weight excluding hydrogens is 396 g/mol. The Morgan fingerprint density at radius 2 is 0.969 bits per heavy atom. The van der Waals surface area contributed by atoms with Gasteiger partial charge in [0.1, 0.15) is 0 Å². The molecule has 0 atom stereocenters. The van der Waals surface area contributed by atoms with Crippen molar-refractivity contribution in [3.8, 4) is 0 Å². The molecule has 0 radical (unpaired) electrons. The Morgan fingerprint density at radius 3 is 1.38 bits per heavy atom. The second kappa shape index (κ2) is 26.6. The van der Waals surface area contributed by atoms with Crippen LogP contribution in [-0.2, 0) is 4.79 Å². The zero-order valence-corrected chi connectivity index (χ0v) is 22.0. The number of hydrogen-bond donors (Lipinski definition) is 2. The van der Waals surface area contributed by atoms with Crippen molar-refractivity contribution in [2.75, 3.05) is 19.6 Å². The van der Waals surface area contributed by atoms with E-state index in [-0.39, 0.29) is 5.91 Å². The molecule has 0 heterocycles. The van der Waals surface area contributed by atoms with Crippen molar-refractivity contribution in [3.63, 3.8) is 0 Å². The standard InChI is InChI=1S/C28H58N2O2/c1-3-5-6-7-8-9-10-11-12-13-14-15-16-17-18-19-20-21-22-24-28(31)29-25-23-27-30(32)26-4-2/h32H,3-27H2,1-2H3,(H,29,31). The first-order valence-corrected chi connectivity index (χ1v) is 14.4. The van der Waals surface area contributed by atoms with Crippen LogP contribution in [0.1, 0.15) is 155 Å². The topological polar surface area (TPSA) is 52.6 Å². The Balaban J connectivity index is 3.15. The first-order chi connectivity index (χ1) is 15.7. The molecule has 0 aromatic carbocycles. The van der Waals surface area contributed by atoms with E-state index in [1.807, 2.05) is 6.92 Å². The van der Waals surface area contributed by atoms with Crippen LogP contribution >= 0.6 is 0 Å². The minimum absolute atomic E-state index is 0.164. The number of amides is 1. The Bertz CT molecular complexity index is 376. The van der Waals surface area contributed by atoms with E-state index in [1.54, 1.807) is 0 Å². The average molecular weight is 455 g/mol. The molecule has 0 rings (SSSR count). The van der Waals surface area contributed by atoms with Crippen molar-refractivity contribution in [1.29, 1.82) is 0 Å².